The monoisotopic (exact) mass is 166 g/mol. The van der Waals surface area contributed by atoms with Gasteiger partial charge in [-0.25, -0.2) is 0 Å². The van der Waals surface area contributed by atoms with Gasteiger partial charge in [0.15, 0.2) is 0 Å². The van der Waals surface area contributed by atoms with E-state index in [0.717, 1.165) is 5.19 Å². The van der Waals surface area contributed by atoms with E-state index in [9.17, 15) is 5.11 Å². The first kappa shape index (κ1) is 8.14. The van der Waals surface area contributed by atoms with Gasteiger partial charge in [0.1, 0.15) is 5.75 Å². The number of phenolic OH excluding ortho intramolecular Hbond substituents is 1. The van der Waals surface area contributed by atoms with Crippen LogP contribution in [0.4, 0.5) is 5.69 Å². The minimum Gasteiger partial charge on any atom is -0.506 e. The number of nitrogen functional groups attached to an aromatic ring is 1. The zero-order valence-corrected chi connectivity index (χ0v) is 7.76. The van der Waals surface area contributed by atoms with E-state index in [-0.39, 0.29) is 5.75 Å². The second-order valence-corrected chi connectivity index (χ2v) is 5.28. The van der Waals surface area contributed by atoms with Crippen LogP contribution in [0.25, 0.3) is 0 Å². The van der Waals surface area contributed by atoms with Gasteiger partial charge < -0.3 is 10.8 Å². The Morgan fingerprint density at radius 1 is 1.36 bits per heavy atom. The quantitative estimate of drug-likeness (QED) is 0.370. The number of rotatable bonds is 1. The van der Waals surface area contributed by atoms with Crippen LogP contribution in [0, 0.1) is 0 Å². The lowest BCUT2D eigenvalue weighted by atomic mass is 10.3. The van der Waals surface area contributed by atoms with Gasteiger partial charge in [-0.05, 0) is 11.3 Å². The molecule has 1 rings (SSSR count). The van der Waals surface area contributed by atoms with Crippen molar-refractivity contribution >= 4 is 19.7 Å². The fourth-order valence-electron chi connectivity index (χ4n) is 0.965. The molecule has 0 unspecified atom stereocenters. The minimum absolute atomic E-state index is 0.270. The van der Waals surface area contributed by atoms with Crippen molar-refractivity contribution in [3.8, 4) is 5.75 Å². The van der Waals surface area contributed by atoms with Crippen molar-refractivity contribution in [1.82, 2.24) is 0 Å². The largest absolute Gasteiger partial charge is 0.506 e. The third-order valence-electron chi connectivity index (χ3n) is 1.61. The Balaban J connectivity index is 3.17. The van der Waals surface area contributed by atoms with Crippen molar-refractivity contribution in [1.29, 1.82) is 0 Å². The number of benzene rings is 1. The smallest absolute Gasteiger partial charge is 0.137 e. The van der Waals surface area contributed by atoms with E-state index < -0.39 is 8.80 Å². The lowest BCUT2D eigenvalue weighted by Crippen LogP contribution is -2.23. The molecular weight excluding hydrogens is 154 g/mol. The van der Waals surface area contributed by atoms with Crippen molar-refractivity contribution in [2.24, 2.45) is 0 Å². The molecule has 3 N–H and O–H groups in total. The number of nitrogens with two attached hydrogens (primary N) is 1. The average molecular weight is 166 g/mol. The molecule has 0 saturated heterocycles. The van der Waals surface area contributed by atoms with Gasteiger partial charge in [-0.15, -0.1) is 0 Å². The molecule has 0 saturated carbocycles. The fourth-order valence-corrected chi connectivity index (χ4v) is 2.01. The number of hydrogen-bond donors (Lipinski definition) is 2. The van der Waals surface area contributed by atoms with Gasteiger partial charge in [0.2, 0.25) is 0 Å². The Morgan fingerprint density at radius 3 is 2.45 bits per heavy atom. The molecule has 0 atom stereocenters. The molecule has 1 aromatic rings. The summed E-state index contributed by atoms with van der Waals surface area (Å²) in [6.07, 6.45) is 0. The fraction of sp³-hybridized carbons (Fsp3) is 0.250. The summed E-state index contributed by atoms with van der Waals surface area (Å²) in [5.74, 6) is 0.270. The molecule has 1 radical (unpaired) electrons. The molecule has 0 heterocycles. The Morgan fingerprint density at radius 2 is 2.00 bits per heavy atom. The summed E-state index contributed by atoms with van der Waals surface area (Å²) in [4.78, 5) is 0. The molecule has 0 aromatic heterocycles. The molecule has 11 heavy (non-hydrogen) atoms. The van der Waals surface area contributed by atoms with Crippen LogP contribution in [0.1, 0.15) is 0 Å². The SMILES string of the molecule is C[Si](C)c1cccc(N)c1O. The van der Waals surface area contributed by atoms with E-state index in [2.05, 4.69) is 13.1 Å². The van der Waals surface area contributed by atoms with Gasteiger partial charge in [-0.2, -0.15) is 0 Å². The second-order valence-electron chi connectivity index (χ2n) is 2.74. The highest BCUT2D eigenvalue weighted by Gasteiger charge is 2.07. The van der Waals surface area contributed by atoms with Crippen LogP contribution in [-0.2, 0) is 0 Å². The lowest BCUT2D eigenvalue weighted by molar-refractivity contribution is 0.482. The maximum atomic E-state index is 9.47. The molecule has 0 aliphatic carbocycles. The number of para-hydroxylation sites is 1. The zero-order chi connectivity index (χ0) is 8.43. The van der Waals surface area contributed by atoms with Crippen LogP contribution in [0.5, 0.6) is 5.75 Å². The highest BCUT2D eigenvalue weighted by Crippen LogP contribution is 2.15. The van der Waals surface area contributed by atoms with E-state index in [0.29, 0.717) is 5.69 Å². The van der Waals surface area contributed by atoms with E-state index in [1.54, 1.807) is 6.07 Å². The van der Waals surface area contributed by atoms with Crippen molar-refractivity contribution in [3.05, 3.63) is 18.2 Å². The van der Waals surface area contributed by atoms with Crippen LogP contribution in [0.2, 0.25) is 13.1 Å². The Bertz CT molecular complexity index is 260. The van der Waals surface area contributed by atoms with E-state index in [1.165, 1.54) is 0 Å². The van der Waals surface area contributed by atoms with Crippen molar-refractivity contribution < 1.29 is 5.11 Å². The summed E-state index contributed by atoms with van der Waals surface area (Å²) in [6, 6.07) is 5.52. The molecule has 0 fully saturated rings. The predicted molar refractivity (Wildman–Crippen MR) is 49.6 cm³/mol. The summed E-state index contributed by atoms with van der Waals surface area (Å²) in [6.45, 7) is 4.25. The molecule has 3 heteroatoms. The molecule has 1 aromatic carbocycles. The molecule has 59 valence electrons. The standard InChI is InChI=1S/C8H12NOSi/c1-11(2)7-5-3-4-6(9)8(7)10/h3-5,10H,9H2,1-2H3. The van der Waals surface area contributed by atoms with E-state index in [4.69, 9.17) is 5.73 Å². The molecule has 2 nitrogen and oxygen atoms in total. The van der Waals surface area contributed by atoms with E-state index in [1.807, 2.05) is 12.1 Å². The van der Waals surface area contributed by atoms with Crippen molar-refractivity contribution in [3.63, 3.8) is 0 Å². The number of aromatic hydroxyl groups is 1. The number of anilines is 1. The molecule has 0 bridgehead atoms. The first-order valence-electron chi connectivity index (χ1n) is 3.51. The highest BCUT2D eigenvalue weighted by molar-refractivity contribution is 6.71. The van der Waals surface area contributed by atoms with Gasteiger partial charge >= 0.3 is 0 Å². The van der Waals surface area contributed by atoms with Gasteiger partial charge in [-0.1, -0.05) is 25.2 Å². The van der Waals surface area contributed by atoms with Crippen LogP contribution in [0.15, 0.2) is 18.2 Å². The maximum Gasteiger partial charge on any atom is 0.137 e. The topological polar surface area (TPSA) is 46.2 Å². The van der Waals surface area contributed by atoms with Crippen molar-refractivity contribution in [2.75, 3.05) is 5.73 Å². The molecule has 0 aliphatic heterocycles. The minimum atomic E-state index is -0.594. The molecule has 0 aliphatic rings. The van der Waals surface area contributed by atoms with Crippen LogP contribution in [0.3, 0.4) is 0 Å². The molecule has 0 spiro atoms. The first-order valence-corrected chi connectivity index (χ1v) is 6.01. The third-order valence-corrected chi connectivity index (χ3v) is 3.09. The van der Waals surface area contributed by atoms with Crippen LogP contribution < -0.4 is 10.9 Å². The van der Waals surface area contributed by atoms with Crippen LogP contribution in [-0.4, -0.2) is 13.9 Å². The third kappa shape index (κ3) is 1.54. The Labute approximate surface area is 68.3 Å². The average Bonchev–Trinajstić information content (AvgIpc) is 1.94. The highest BCUT2D eigenvalue weighted by atomic mass is 28.3. The van der Waals surface area contributed by atoms with Crippen LogP contribution >= 0.6 is 0 Å². The molecule has 0 amide bonds. The second kappa shape index (κ2) is 2.96. The van der Waals surface area contributed by atoms with Crippen molar-refractivity contribution in [2.45, 2.75) is 13.1 Å². The predicted octanol–water partition coefficient (Wildman–Crippen LogP) is 0.936. The summed E-state index contributed by atoms with van der Waals surface area (Å²) in [7, 11) is -0.594. The first-order chi connectivity index (χ1) is 5.13. The maximum absolute atomic E-state index is 9.47. The zero-order valence-electron chi connectivity index (χ0n) is 6.76. The summed E-state index contributed by atoms with van der Waals surface area (Å²) >= 11 is 0. The number of hydrogen-bond acceptors (Lipinski definition) is 2. The van der Waals surface area contributed by atoms with Gasteiger partial charge in [0.25, 0.3) is 0 Å². The Hall–Kier alpha value is -0.963. The van der Waals surface area contributed by atoms with Gasteiger partial charge in [0.05, 0.1) is 14.5 Å². The summed E-state index contributed by atoms with van der Waals surface area (Å²) in [5.41, 5.74) is 6.01. The van der Waals surface area contributed by atoms with Gasteiger partial charge in [-0.3, -0.25) is 0 Å². The Kier molecular flexibility index (Phi) is 2.19. The number of phenols is 1. The normalized spacial score (nSPS) is 10.5. The molecular formula is C8H12NOSi. The van der Waals surface area contributed by atoms with Gasteiger partial charge in [0, 0.05) is 0 Å². The lowest BCUT2D eigenvalue weighted by Gasteiger charge is -2.07. The summed E-state index contributed by atoms with van der Waals surface area (Å²) < 4.78 is 0. The summed E-state index contributed by atoms with van der Waals surface area (Å²) in [5, 5.41) is 10.5. The van der Waals surface area contributed by atoms with E-state index >= 15 is 0 Å².